The Hall–Kier alpha value is -0.810. The Kier molecular flexibility index (Phi) is 4.45. The summed E-state index contributed by atoms with van der Waals surface area (Å²) in [6.07, 6.45) is 2.14. The normalized spacial score (nSPS) is 27.9. The number of hydrogen-bond donors (Lipinski definition) is 1. The minimum absolute atomic E-state index is 0.159. The molecule has 2 N–H and O–H groups in total. The predicted molar refractivity (Wildman–Crippen MR) is 70.3 cm³/mol. The van der Waals surface area contributed by atoms with Crippen LogP contribution in [0.2, 0.25) is 0 Å². The van der Waals surface area contributed by atoms with Gasteiger partial charge in [-0.2, -0.15) is 0 Å². The Morgan fingerprint density at radius 3 is 2.72 bits per heavy atom. The highest BCUT2D eigenvalue weighted by atomic mass is 16.5. The van der Waals surface area contributed by atoms with Crippen molar-refractivity contribution < 1.29 is 9.53 Å². The zero-order chi connectivity index (χ0) is 13.1. The number of urea groups is 1. The molecular weight excluding hydrogens is 230 g/mol. The third-order valence-corrected chi connectivity index (χ3v) is 4.22. The molecule has 0 bridgehead atoms. The van der Waals surface area contributed by atoms with Crippen LogP contribution in [0.5, 0.6) is 0 Å². The van der Waals surface area contributed by atoms with Crippen LogP contribution in [0.3, 0.4) is 0 Å². The highest BCUT2D eigenvalue weighted by Crippen LogP contribution is 2.28. The zero-order valence-corrected chi connectivity index (χ0v) is 11.5. The smallest absolute Gasteiger partial charge is 0.320 e. The lowest BCUT2D eigenvalue weighted by Gasteiger charge is -2.30. The summed E-state index contributed by atoms with van der Waals surface area (Å²) in [7, 11) is 1.93. The Labute approximate surface area is 109 Å². The Morgan fingerprint density at radius 2 is 2.11 bits per heavy atom. The van der Waals surface area contributed by atoms with E-state index in [0.717, 1.165) is 39.1 Å². The Balaban J connectivity index is 1.95. The molecule has 0 aromatic rings. The van der Waals surface area contributed by atoms with E-state index in [1.807, 2.05) is 16.8 Å². The second-order valence-electron chi connectivity index (χ2n) is 5.66. The van der Waals surface area contributed by atoms with Crippen LogP contribution >= 0.6 is 0 Å². The second kappa shape index (κ2) is 5.89. The summed E-state index contributed by atoms with van der Waals surface area (Å²) >= 11 is 0. The first kappa shape index (κ1) is 13.6. The molecule has 2 atom stereocenters. The van der Waals surface area contributed by atoms with Gasteiger partial charge in [0.2, 0.25) is 0 Å². The van der Waals surface area contributed by atoms with E-state index < -0.39 is 0 Å². The van der Waals surface area contributed by atoms with Crippen LogP contribution in [0.25, 0.3) is 0 Å². The van der Waals surface area contributed by atoms with Crippen molar-refractivity contribution in [2.45, 2.75) is 25.8 Å². The van der Waals surface area contributed by atoms with Crippen molar-refractivity contribution in [3.05, 3.63) is 0 Å². The first-order valence-corrected chi connectivity index (χ1v) is 6.93. The average molecular weight is 255 g/mol. The molecule has 5 nitrogen and oxygen atoms in total. The monoisotopic (exact) mass is 255 g/mol. The molecule has 5 heteroatoms. The fourth-order valence-corrected chi connectivity index (χ4v) is 2.96. The topological polar surface area (TPSA) is 58.8 Å². The molecule has 2 aliphatic heterocycles. The van der Waals surface area contributed by atoms with Crippen LogP contribution < -0.4 is 5.73 Å². The number of carbonyl (C=O) groups excluding carboxylic acids is 1. The van der Waals surface area contributed by atoms with E-state index in [0.29, 0.717) is 24.4 Å². The molecule has 0 saturated carbocycles. The third-order valence-electron chi connectivity index (χ3n) is 4.22. The molecule has 2 rings (SSSR count). The quantitative estimate of drug-likeness (QED) is 0.806. The molecule has 0 aromatic carbocycles. The van der Waals surface area contributed by atoms with E-state index in [-0.39, 0.29) is 6.03 Å². The maximum Gasteiger partial charge on any atom is 0.320 e. The zero-order valence-electron chi connectivity index (χ0n) is 11.5. The summed E-state index contributed by atoms with van der Waals surface area (Å²) in [5, 5.41) is 0. The number of carbonyl (C=O) groups is 1. The van der Waals surface area contributed by atoms with Crippen LogP contribution in [0.1, 0.15) is 19.8 Å². The highest BCUT2D eigenvalue weighted by Gasteiger charge is 2.39. The van der Waals surface area contributed by atoms with Gasteiger partial charge in [0, 0.05) is 33.4 Å². The van der Waals surface area contributed by atoms with Crippen molar-refractivity contribution in [1.29, 1.82) is 0 Å². The number of nitrogens with two attached hydrogens (primary N) is 1. The summed E-state index contributed by atoms with van der Waals surface area (Å²) < 4.78 is 5.40. The molecule has 0 aromatic heterocycles. The first-order chi connectivity index (χ1) is 8.63. The summed E-state index contributed by atoms with van der Waals surface area (Å²) in [6.45, 7) is 6.03. The van der Waals surface area contributed by atoms with Gasteiger partial charge >= 0.3 is 6.03 Å². The van der Waals surface area contributed by atoms with Gasteiger partial charge in [-0.25, -0.2) is 4.79 Å². The third kappa shape index (κ3) is 2.78. The largest absolute Gasteiger partial charge is 0.381 e. The summed E-state index contributed by atoms with van der Waals surface area (Å²) in [5.74, 6) is 0.960. The maximum absolute atomic E-state index is 12.2. The number of ether oxygens (including phenoxy) is 1. The SMILES string of the molecule is CC(CN)CN1CC(C2CCOCC2)N(C)C1=O. The lowest BCUT2D eigenvalue weighted by molar-refractivity contribution is 0.0451. The molecule has 0 radical (unpaired) electrons. The Bertz CT molecular complexity index is 292. The van der Waals surface area contributed by atoms with E-state index in [1.54, 1.807) is 0 Å². The number of rotatable bonds is 4. The van der Waals surface area contributed by atoms with Crippen molar-refractivity contribution in [2.75, 3.05) is 39.9 Å². The van der Waals surface area contributed by atoms with Gasteiger partial charge in [0.05, 0.1) is 6.04 Å². The van der Waals surface area contributed by atoms with E-state index >= 15 is 0 Å². The first-order valence-electron chi connectivity index (χ1n) is 6.93. The summed E-state index contributed by atoms with van der Waals surface area (Å²) in [5.41, 5.74) is 5.64. The molecule has 2 heterocycles. The van der Waals surface area contributed by atoms with Crippen LogP contribution in [0.4, 0.5) is 4.79 Å². The van der Waals surface area contributed by atoms with Gasteiger partial charge < -0.3 is 20.3 Å². The molecule has 2 saturated heterocycles. The average Bonchev–Trinajstić information content (AvgIpc) is 2.68. The minimum atomic E-state index is 0.159. The summed E-state index contributed by atoms with van der Waals surface area (Å²) in [6, 6.07) is 0.512. The summed E-state index contributed by atoms with van der Waals surface area (Å²) in [4.78, 5) is 16.1. The predicted octanol–water partition coefficient (Wildman–Crippen LogP) is 0.744. The van der Waals surface area contributed by atoms with Crippen molar-refractivity contribution in [1.82, 2.24) is 9.80 Å². The van der Waals surface area contributed by atoms with Gasteiger partial charge in [0.25, 0.3) is 0 Å². The van der Waals surface area contributed by atoms with Crippen molar-refractivity contribution in [3.8, 4) is 0 Å². The van der Waals surface area contributed by atoms with Crippen molar-refractivity contribution in [2.24, 2.45) is 17.6 Å². The van der Waals surface area contributed by atoms with Crippen molar-refractivity contribution >= 4 is 6.03 Å². The maximum atomic E-state index is 12.2. The van der Waals surface area contributed by atoms with Gasteiger partial charge in [-0.3, -0.25) is 0 Å². The number of likely N-dealkylation sites (N-methyl/N-ethyl adjacent to an activating group) is 1. The lowest BCUT2D eigenvalue weighted by Crippen LogP contribution is -2.38. The van der Waals surface area contributed by atoms with Gasteiger partial charge in [0.15, 0.2) is 0 Å². The van der Waals surface area contributed by atoms with E-state index in [4.69, 9.17) is 10.5 Å². The standard InChI is InChI=1S/C13H25N3O2/c1-10(7-14)8-16-9-12(15(2)13(16)17)11-3-5-18-6-4-11/h10-12H,3-9,14H2,1-2H3. The van der Waals surface area contributed by atoms with Gasteiger partial charge in [0.1, 0.15) is 0 Å². The lowest BCUT2D eigenvalue weighted by atomic mass is 9.91. The van der Waals surface area contributed by atoms with E-state index in [2.05, 4.69) is 6.92 Å². The fraction of sp³-hybridized carbons (Fsp3) is 0.923. The van der Waals surface area contributed by atoms with Crippen LogP contribution in [0.15, 0.2) is 0 Å². The second-order valence-corrected chi connectivity index (χ2v) is 5.66. The molecule has 2 fully saturated rings. The molecule has 18 heavy (non-hydrogen) atoms. The van der Waals surface area contributed by atoms with Gasteiger partial charge in [-0.15, -0.1) is 0 Å². The van der Waals surface area contributed by atoms with Crippen molar-refractivity contribution in [3.63, 3.8) is 0 Å². The Morgan fingerprint density at radius 1 is 1.44 bits per heavy atom. The van der Waals surface area contributed by atoms with E-state index in [9.17, 15) is 4.79 Å². The van der Waals surface area contributed by atoms with Crippen LogP contribution in [-0.2, 0) is 4.74 Å². The highest BCUT2D eigenvalue weighted by molar-refractivity contribution is 5.77. The molecular formula is C13H25N3O2. The number of hydrogen-bond acceptors (Lipinski definition) is 3. The molecule has 104 valence electrons. The molecule has 2 unspecified atom stereocenters. The number of nitrogens with zero attached hydrogens (tertiary/aromatic N) is 2. The molecule has 0 aliphatic carbocycles. The van der Waals surface area contributed by atoms with Crippen LogP contribution in [0, 0.1) is 11.8 Å². The van der Waals surface area contributed by atoms with Gasteiger partial charge in [-0.05, 0) is 31.2 Å². The van der Waals surface area contributed by atoms with Crippen LogP contribution in [-0.4, -0.2) is 61.8 Å². The molecule has 0 spiro atoms. The minimum Gasteiger partial charge on any atom is -0.381 e. The fourth-order valence-electron chi connectivity index (χ4n) is 2.96. The van der Waals surface area contributed by atoms with E-state index in [1.165, 1.54) is 0 Å². The number of amides is 2. The van der Waals surface area contributed by atoms with Gasteiger partial charge in [-0.1, -0.05) is 6.92 Å². The molecule has 2 aliphatic rings. The molecule has 2 amide bonds.